The van der Waals surface area contributed by atoms with Gasteiger partial charge in [-0.2, -0.15) is 11.8 Å². The van der Waals surface area contributed by atoms with Gasteiger partial charge in [0.1, 0.15) is 0 Å². The van der Waals surface area contributed by atoms with E-state index >= 15 is 0 Å². The third-order valence-corrected chi connectivity index (χ3v) is 2.74. The summed E-state index contributed by atoms with van der Waals surface area (Å²) in [6.07, 6.45) is 4.11. The van der Waals surface area contributed by atoms with Crippen LogP contribution in [-0.4, -0.2) is 18.6 Å². The Balaban J connectivity index is 2.34. The first-order valence-electron chi connectivity index (χ1n) is 4.92. The first-order valence-corrected chi connectivity index (χ1v) is 6.32. The molecule has 0 heterocycles. The van der Waals surface area contributed by atoms with Crippen molar-refractivity contribution in [1.82, 2.24) is 0 Å². The Kier molecular flexibility index (Phi) is 5.47. The molecule has 0 amide bonds. The van der Waals surface area contributed by atoms with E-state index in [-0.39, 0.29) is 5.69 Å². The summed E-state index contributed by atoms with van der Waals surface area (Å²) < 4.78 is 25.9. The van der Waals surface area contributed by atoms with Crippen molar-refractivity contribution in [1.29, 1.82) is 0 Å². The van der Waals surface area contributed by atoms with Gasteiger partial charge < -0.3 is 5.32 Å². The van der Waals surface area contributed by atoms with Gasteiger partial charge in [-0.25, -0.2) is 8.78 Å². The molecule has 0 saturated heterocycles. The van der Waals surface area contributed by atoms with Gasteiger partial charge in [-0.05, 0) is 37.0 Å². The zero-order valence-corrected chi connectivity index (χ0v) is 9.54. The second kappa shape index (κ2) is 6.67. The van der Waals surface area contributed by atoms with Gasteiger partial charge in [-0.3, -0.25) is 0 Å². The maximum Gasteiger partial charge on any atom is 0.181 e. The topological polar surface area (TPSA) is 12.0 Å². The number of anilines is 1. The predicted molar refractivity (Wildman–Crippen MR) is 62.5 cm³/mol. The Hall–Kier alpha value is -0.770. The molecule has 84 valence electrons. The van der Waals surface area contributed by atoms with Gasteiger partial charge in [0.05, 0.1) is 5.69 Å². The quantitative estimate of drug-likeness (QED) is 0.752. The van der Waals surface area contributed by atoms with Crippen LogP contribution in [-0.2, 0) is 0 Å². The smallest absolute Gasteiger partial charge is 0.181 e. The predicted octanol–water partition coefficient (Wildman–Crippen LogP) is 3.52. The average Bonchev–Trinajstić information content (AvgIpc) is 2.24. The monoisotopic (exact) mass is 231 g/mol. The highest BCUT2D eigenvalue weighted by Gasteiger charge is 2.05. The lowest BCUT2D eigenvalue weighted by molar-refractivity contribution is 0.511. The summed E-state index contributed by atoms with van der Waals surface area (Å²) in [6.45, 7) is 0.681. The van der Waals surface area contributed by atoms with Gasteiger partial charge in [0.25, 0.3) is 0 Å². The Morgan fingerprint density at radius 1 is 1.27 bits per heavy atom. The summed E-state index contributed by atoms with van der Waals surface area (Å²) >= 11 is 1.79. The van der Waals surface area contributed by atoms with Crippen molar-refractivity contribution in [2.24, 2.45) is 0 Å². The van der Waals surface area contributed by atoms with Crippen LogP contribution in [0, 0.1) is 11.6 Å². The molecule has 1 rings (SSSR count). The lowest BCUT2D eigenvalue weighted by Crippen LogP contribution is -2.04. The highest BCUT2D eigenvalue weighted by atomic mass is 32.2. The molecule has 1 aromatic carbocycles. The standard InChI is InChI=1S/C11H15F2NS/c1-15-8-3-2-7-14-10-6-4-5-9(12)11(10)13/h4-6,14H,2-3,7-8H2,1H3. The van der Waals surface area contributed by atoms with E-state index in [0.29, 0.717) is 6.54 Å². The molecule has 4 heteroatoms. The maximum atomic E-state index is 13.1. The molecular formula is C11H15F2NS. The first kappa shape index (κ1) is 12.3. The third kappa shape index (κ3) is 4.08. The minimum absolute atomic E-state index is 0.249. The Morgan fingerprint density at radius 3 is 2.80 bits per heavy atom. The Morgan fingerprint density at radius 2 is 2.07 bits per heavy atom. The summed E-state index contributed by atoms with van der Waals surface area (Å²) in [5.74, 6) is -0.487. The summed E-state index contributed by atoms with van der Waals surface area (Å²) in [4.78, 5) is 0. The number of hydrogen-bond donors (Lipinski definition) is 1. The molecule has 0 bridgehead atoms. The van der Waals surface area contributed by atoms with Crippen LogP contribution in [0.15, 0.2) is 18.2 Å². The maximum absolute atomic E-state index is 13.1. The largest absolute Gasteiger partial charge is 0.383 e. The Bertz CT molecular complexity index is 305. The fourth-order valence-electron chi connectivity index (χ4n) is 1.23. The number of nitrogens with one attached hydrogen (secondary N) is 1. The van der Waals surface area contributed by atoms with Crippen molar-refractivity contribution in [3.63, 3.8) is 0 Å². The molecule has 1 nitrogen and oxygen atoms in total. The van der Waals surface area contributed by atoms with E-state index in [2.05, 4.69) is 11.6 Å². The van der Waals surface area contributed by atoms with Crippen LogP contribution in [0.3, 0.4) is 0 Å². The van der Waals surface area contributed by atoms with Crippen molar-refractivity contribution < 1.29 is 8.78 Å². The molecule has 1 N–H and O–H groups in total. The number of thioether (sulfide) groups is 1. The highest BCUT2D eigenvalue weighted by Crippen LogP contribution is 2.16. The second-order valence-corrected chi connectivity index (χ2v) is 4.21. The van der Waals surface area contributed by atoms with E-state index in [1.165, 1.54) is 6.07 Å². The summed E-state index contributed by atoms with van der Waals surface area (Å²) in [5, 5.41) is 2.89. The van der Waals surface area contributed by atoms with Gasteiger partial charge >= 0.3 is 0 Å². The van der Waals surface area contributed by atoms with Crippen LogP contribution in [0.25, 0.3) is 0 Å². The lowest BCUT2D eigenvalue weighted by atomic mass is 10.2. The van der Waals surface area contributed by atoms with Crippen LogP contribution in [0.5, 0.6) is 0 Å². The fourth-order valence-corrected chi connectivity index (χ4v) is 1.73. The lowest BCUT2D eigenvalue weighted by Gasteiger charge is -2.07. The third-order valence-electron chi connectivity index (χ3n) is 2.04. The van der Waals surface area contributed by atoms with Crippen molar-refractivity contribution in [3.8, 4) is 0 Å². The van der Waals surface area contributed by atoms with Crippen LogP contribution >= 0.6 is 11.8 Å². The second-order valence-electron chi connectivity index (χ2n) is 3.23. The number of rotatable bonds is 6. The minimum atomic E-state index is -0.802. The van der Waals surface area contributed by atoms with Crippen molar-refractivity contribution >= 4 is 17.4 Å². The van der Waals surface area contributed by atoms with Crippen LogP contribution in [0.4, 0.5) is 14.5 Å². The summed E-state index contributed by atoms with van der Waals surface area (Å²) in [6, 6.07) is 4.17. The molecule has 0 aliphatic heterocycles. The van der Waals surface area contributed by atoms with E-state index in [1.807, 2.05) is 0 Å². The molecule has 0 aliphatic carbocycles. The summed E-state index contributed by atoms with van der Waals surface area (Å²) in [7, 11) is 0. The van der Waals surface area contributed by atoms with E-state index in [9.17, 15) is 8.78 Å². The molecule has 0 spiro atoms. The van der Waals surface area contributed by atoms with Crippen molar-refractivity contribution in [2.45, 2.75) is 12.8 Å². The average molecular weight is 231 g/mol. The number of benzene rings is 1. The minimum Gasteiger partial charge on any atom is -0.383 e. The first-order chi connectivity index (χ1) is 7.25. The highest BCUT2D eigenvalue weighted by molar-refractivity contribution is 7.98. The molecule has 1 aromatic rings. The molecule has 0 aromatic heterocycles. The zero-order valence-electron chi connectivity index (χ0n) is 8.72. The van der Waals surface area contributed by atoms with Crippen molar-refractivity contribution in [2.75, 3.05) is 23.9 Å². The molecule has 0 fully saturated rings. The molecular weight excluding hydrogens is 216 g/mol. The zero-order chi connectivity index (χ0) is 11.1. The number of unbranched alkanes of at least 4 members (excludes halogenated alkanes) is 1. The van der Waals surface area contributed by atoms with E-state index in [1.54, 1.807) is 17.8 Å². The van der Waals surface area contributed by atoms with Gasteiger partial charge in [-0.1, -0.05) is 6.07 Å². The van der Waals surface area contributed by atoms with Crippen LogP contribution in [0.1, 0.15) is 12.8 Å². The normalized spacial score (nSPS) is 10.3. The van der Waals surface area contributed by atoms with Crippen LogP contribution < -0.4 is 5.32 Å². The van der Waals surface area contributed by atoms with Crippen LogP contribution in [0.2, 0.25) is 0 Å². The van der Waals surface area contributed by atoms with Gasteiger partial charge in [0, 0.05) is 6.54 Å². The molecule has 0 unspecified atom stereocenters. The fraction of sp³-hybridized carbons (Fsp3) is 0.455. The van der Waals surface area contributed by atoms with Gasteiger partial charge in [-0.15, -0.1) is 0 Å². The molecule has 0 saturated carbocycles. The van der Waals surface area contributed by atoms with Gasteiger partial charge in [0.15, 0.2) is 11.6 Å². The summed E-state index contributed by atoms with van der Waals surface area (Å²) in [5.41, 5.74) is 0.249. The molecule has 0 radical (unpaired) electrons. The van der Waals surface area contributed by atoms with E-state index in [4.69, 9.17) is 0 Å². The number of hydrogen-bond acceptors (Lipinski definition) is 2. The Labute approximate surface area is 93.3 Å². The SMILES string of the molecule is CSCCCCNc1cccc(F)c1F. The van der Waals surface area contributed by atoms with Crippen molar-refractivity contribution in [3.05, 3.63) is 29.8 Å². The molecule has 0 atom stereocenters. The molecule has 15 heavy (non-hydrogen) atoms. The van der Waals surface area contributed by atoms with Gasteiger partial charge in [0.2, 0.25) is 0 Å². The van der Waals surface area contributed by atoms with E-state index < -0.39 is 11.6 Å². The molecule has 0 aliphatic rings. The number of halogens is 2. The van der Waals surface area contributed by atoms with E-state index in [0.717, 1.165) is 24.7 Å².